The van der Waals surface area contributed by atoms with Gasteiger partial charge in [-0.15, -0.1) is 0 Å². The van der Waals surface area contributed by atoms with Crippen LogP contribution in [0.15, 0.2) is 83.3 Å². The first kappa shape index (κ1) is 21.3. The number of likely N-dealkylation sites (tertiary alicyclic amines) is 1. The molecule has 2 heterocycles. The topological polar surface area (TPSA) is 54.7 Å². The maximum Gasteiger partial charge on any atom is 0.255 e. The average molecular weight is 441 g/mol. The van der Waals surface area contributed by atoms with E-state index in [9.17, 15) is 4.79 Å². The van der Waals surface area contributed by atoms with Crippen molar-refractivity contribution in [3.63, 3.8) is 0 Å². The van der Waals surface area contributed by atoms with E-state index in [4.69, 9.17) is 9.15 Å². The maximum absolute atomic E-state index is 13.1. The lowest BCUT2D eigenvalue weighted by molar-refractivity contribution is 0.102. The normalized spacial score (nSPS) is 15.3. The lowest BCUT2D eigenvalue weighted by Crippen LogP contribution is -2.34. The molecule has 5 heteroatoms. The Morgan fingerprint density at radius 2 is 1.61 bits per heavy atom. The highest BCUT2D eigenvalue weighted by molar-refractivity contribution is 6.09. The second kappa shape index (κ2) is 9.51. The van der Waals surface area contributed by atoms with E-state index in [0.29, 0.717) is 5.56 Å². The van der Waals surface area contributed by atoms with Crippen molar-refractivity contribution in [1.82, 2.24) is 4.90 Å². The zero-order valence-corrected chi connectivity index (χ0v) is 18.8. The van der Waals surface area contributed by atoms with Gasteiger partial charge in [0.1, 0.15) is 17.1 Å². The minimum absolute atomic E-state index is 0.102. The molecule has 0 saturated carbocycles. The zero-order chi connectivity index (χ0) is 22.6. The fourth-order valence-corrected chi connectivity index (χ4v) is 4.65. The van der Waals surface area contributed by atoms with Gasteiger partial charge < -0.3 is 14.5 Å². The van der Waals surface area contributed by atoms with Gasteiger partial charge in [-0.25, -0.2) is 0 Å². The Hall–Kier alpha value is -3.57. The SMILES string of the molecule is COc1ccc(C(c2oc3ccccc3c2NC(=O)c2ccccc2)N2CCCCC2)cc1. The summed E-state index contributed by atoms with van der Waals surface area (Å²) in [5, 5.41) is 4.09. The molecular weight excluding hydrogens is 412 g/mol. The van der Waals surface area contributed by atoms with Crippen molar-refractivity contribution in [2.24, 2.45) is 0 Å². The molecule has 33 heavy (non-hydrogen) atoms. The van der Waals surface area contributed by atoms with Gasteiger partial charge in [0.25, 0.3) is 5.91 Å². The van der Waals surface area contributed by atoms with Gasteiger partial charge in [-0.05, 0) is 67.9 Å². The number of hydrogen-bond acceptors (Lipinski definition) is 4. The Bertz CT molecular complexity index is 1230. The summed E-state index contributed by atoms with van der Waals surface area (Å²) < 4.78 is 11.9. The first-order valence-electron chi connectivity index (χ1n) is 11.5. The van der Waals surface area contributed by atoms with Crippen LogP contribution in [0.3, 0.4) is 0 Å². The van der Waals surface area contributed by atoms with Gasteiger partial charge in [-0.2, -0.15) is 0 Å². The molecule has 1 aromatic heterocycles. The molecule has 1 fully saturated rings. The molecule has 3 aromatic carbocycles. The largest absolute Gasteiger partial charge is 0.497 e. The summed E-state index contributed by atoms with van der Waals surface area (Å²) in [5.41, 5.74) is 3.25. The van der Waals surface area contributed by atoms with Gasteiger partial charge >= 0.3 is 0 Å². The molecule has 0 aliphatic carbocycles. The summed E-state index contributed by atoms with van der Waals surface area (Å²) in [7, 11) is 1.67. The number of ether oxygens (including phenoxy) is 1. The molecule has 5 rings (SSSR count). The predicted molar refractivity (Wildman–Crippen MR) is 131 cm³/mol. The van der Waals surface area contributed by atoms with Crippen LogP contribution in [0.5, 0.6) is 5.75 Å². The second-order valence-corrected chi connectivity index (χ2v) is 8.43. The average Bonchev–Trinajstić information content (AvgIpc) is 3.23. The number of benzene rings is 3. The van der Waals surface area contributed by atoms with Crippen molar-refractivity contribution in [3.05, 3.63) is 95.7 Å². The van der Waals surface area contributed by atoms with E-state index in [1.165, 1.54) is 6.42 Å². The van der Waals surface area contributed by atoms with Crippen LogP contribution in [0.25, 0.3) is 11.0 Å². The first-order chi connectivity index (χ1) is 16.2. The number of carbonyl (C=O) groups excluding carboxylic acids is 1. The molecule has 1 saturated heterocycles. The van der Waals surface area contributed by atoms with Crippen LogP contribution < -0.4 is 10.1 Å². The number of amides is 1. The molecular formula is C28H28N2O3. The van der Waals surface area contributed by atoms with Crippen molar-refractivity contribution in [1.29, 1.82) is 0 Å². The summed E-state index contributed by atoms with van der Waals surface area (Å²) in [6, 6.07) is 25.2. The number of methoxy groups -OCH3 is 1. The van der Waals surface area contributed by atoms with E-state index in [1.807, 2.05) is 66.7 Å². The van der Waals surface area contributed by atoms with Gasteiger partial charge in [0, 0.05) is 10.9 Å². The number of hydrogen-bond donors (Lipinski definition) is 1. The van der Waals surface area contributed by atoms with Gasteiger partial charge in [0.05, 0.1) is 18.8 Å². The van der Waals surface area contributed by atoms with Crippen molar-refractivity contribution in [2.75, 3.05) is 25.5 Å². The number of para-hydroxylation sites is 1. The van der Waals surface area contributed by atoms with E-state index in [0.717, 1.165) is 59.7 Å². The van der Waals surface area contributed by atoms with Crippen LogP contribution in [0.2, 0.25) is 0 Å². The molecule has 1 unspecified atom stereocenters. The van der Waals surface area contributed by atoms with E-state index in [1.54, 1.807) is 7.11 Å². The molecule has 0 radical (unpaired) electrons. The number of anilines is 1. The van der Waals surface area contributed by atoms with Gasteiger partial charge in [0.15, 0.2) is 0 Å². The standard InChI is InChI=1S/C28H28N2O3/c1-32-22-16-14-20(15-17-22)26(30-18-8-3-9-19-30)27-25(23-12-6-7-13-24(23)33-27)29-28(31)21-10-4-2-5-11-21/h2,4-7,10-17,26H,3,8-9,18-19H2,1H3,(H,29,31). The summed E-state index contributed by atoms with van der Waals surface area (Å²) in [6.07, 6.45) is 3.54. The fraction of sp³-hybridized carbons (Fsp3) is 0.250. The number of rotatable bonds is 6. The number of furan rings is 1. The Morgan fingerprint density at radius 1 is 0.909 bits per heavy atom. The molecule has 1 aliphatic rings. The second-order valence-electron chi connectivity index (χ2n) is 8.43. The lowest BCUT2D eigenvalue weighted by atomic mass is 9.98. The van der Waals surface area contributed by atoms with E-state index >= 15 is 0 Å². The predicted octanol–water partition coefficient (Wildman–Crippen LogP) is 6.27. The summed E-state index contributed by atoms with van der Waals surface area (Å²) in [6.45, 7) is 1.97. The molecule has 0 bridgehead atoms. The van der Waals surface area contributed by atoms with E-state index in [2.05, 4.69) is 22.3 Å². The van der Waals surface area contributed by atoms with E-state index in [-0.39, 0.29) is 11.9 Å². The van der Waals surface area contributed by atoms with Crippen LogP contribution in [0.1, 0.15) is 47.0 Å². The molecule has 1 aliphatic heterocycles. The Kier molecular flexibility index (Phi) is 6.13. The lowest BCUT2D eigenvalue weighted by Gasteiger charge is -2.34. The number of fused-ring (bicyclic) bond motifs is 1. The highest BCUT2D eigenvalue weighted by Crippen LogP contribution is 2.41. The Morgan fingerprint density at radius 3 is 2.33 bits per heavy atom. The first-order valence-corrected chi connectivity index (χ1v) is 11.5. The van der Waals surface area contributed by atoms with E-state index < -0.39 is 0 Å². The maximum atomic E-state index is 13.1. The molecule has 0 spiro atoms. The van der Waals surface area contributed by atoms with Crippen LogP contribution in [0.4, 0.5) is 5.69 Å². The minimum Gasteiger partial charge on any atom is -0.497 e. The summed E-state index contributed by atoms with van der Waals surface area (Å²) >= 11 is 0. The Labute approximate surface area is 194 Å². The molecule has 4 aromatic rings. The molecule has 168 valence electrons. The number of carbonyl (C=O) groups is 1. The van der Waals surface area contributed by atoms with Crippen LogP contribution in [-0.2, 0) is 0 Å². The monoisotopic (exact) mass is 440 g/mol. The minimum atomic E-state index is -0.143. The third-order valence-corrected chi connectivity index (χ3v) is 6.33. The van der Waals surface area contributed by atoms with Gasteiger partial charge in [-0.3, -0.25) is 9.69 Å². The smallest absolute Gasteiger partial charge is 0.255 e. The van der Waals surface area contributed by atoms with Crippen molar-refractivity contribution in [2.45, 2.75) is 25.3 Å². The number of piperidine rings is 1. The molecule has 1 atom stereocenters. The Balaban J connectivity index is 1.62. The number of nitrogens with zero attached hydrogens (tertiary/aromatic N) is 1. The van der Waals surface area contributed by atoms with Crippen LogP contribution in [-0.4, -0.2) is 31.0 Å². The highest BCUT2D eigenvalue weighted by atomic mass is 16.5. The molecule has 1 amide bonds. The van der Waals surface area contributed by atoms with Gasteiger partial charge in [0.2, 0.25) is 0 Å². The van der Waals surface area contributed by atoms with Crippen LogP contribution >= 0.6 is 0 Å². The summed E-state index contributed by atoms with van der Waals surface area (Å²) in [4.78, 5) is 15.6. The highest BCUT2D eigenvalue weighted by Gasteiger charge is 2.31. The van der Waals surface area contributed by atoms with Crippen molar-refractivity contribution in [3.8, 4) is 5.75 Å². The quantitative estimate of drug-likeness (QED) is 0.384. The van der Waals surface area contributed by atoms with Crippen molar-refractivity contribution >= 4 is 22.6 Å². The third kappa shape index (κ3) is 4.37. The van der Waals surface area contributed by atoms with Crippen LogP contribution in [0, 0.1) is 0 Å². The summed E-state index contributed by atoms with van der Waals surface area (Å²) in [5.74, 6) is 1.45. The fourth-order valence-electron chi connectivity index (χ4n) is 4.65. The molecule has 5 nitrogen and oxygen atoms in total. The third-order valence-electron chi connectivity index (χ3n) is 6.33. The van der Waals surface area contributed by atoms with Gasteiger partial charge in [-0.1, -0.05) is 48.9 Å². The van der Waals surface area contributed by atoms with Crippen molar-refractivity contribution < 1.29 is 13.9 Å². The zero-order valence-electron chi connectivity index (χ0n) is 18.8. The number of nitrogens with one attached hydrogen (secondary N) is 1. The molecule has 1 N–H and O–H groups in total.